The average Bonchev–Trinajstić information content (AvgIpc) is 3.39. The minimum absolute atomic E-state index is 0.0242. The van der Waals surface area contributed by atoms with E-state index in [1.807, 2.05) is 46.2 Å². The summed E-state index contributed by atoms with van der Waals surface area (Å²) < 4.78 is 0. The molecule has 3 amide bonds. The molecule has 3 heterocycles. The average molecular weight is 390 g/mol. The second-order valence-electron chi connectivity index (χ2n) is 8.26. The lowest BCUT2D eigenvalue weighted by Gasteiger charge is -2.34. The van der Waals surface area contributed by atoms with Gasteiger partial charge in [0.05, 0.1) is 0 Å². The molecule has 29 heavy (non-hydrogen) atoms. The van der Waals surface area contributed by atoms with Crippen molar-refractivity contribution >= 4 is 23.3 Å². The lowest BCUT2D eigenvalue weighted by molar-refractivity contribution is 0.0989. The molecule has 2 saturated heterocycles. The first kappa shape index (κ1) is 18.2. The van der Waals surface area contributed by atoms with Crippen molar-refractivity contribution in [1.82, 2.24) is 10.2 Å². The lowest BCUT2D eigenvalue weighted by Crippen LogP contribution is -2.45. The Labute approximate surface area is 170 Å². The molecule has 150 valence electrons. The highest BCUT2D eigenvalue weighted by Crippen LogP contribution is 2.30. The number of para-hydroxylation sites is 1. The van der Waals surface area contributed by atoms with E-state index < -0.39 is 0 Å². The number of hydrogen-bond acceptors (Lipinski definition) is 3. The molecule has 3 aliphatic rings. The number of carbonyl (C=O) groups excluding carboxylic acids is 2. The number of likely N-dealkylation sites (tertiary alicyclic amines) is 1. The molecule has 0 spiro atoms. The van der Waals surface area contributed by atoms with E-state index in [0.717, 1.165) is 44.7 Å². The molecule has 3 aliphatic heterocycles. The molecule has 0 unspecified atom stereocenters. The highest BCUT2D eigenvalue weighted by atomic mass is 16.2. The first-order valence-electron chi connectivity index (χ1n) is 10.5. The molecule has 0 aliphatic carbocycles. The van der Waals surface area contributed by atoms with Gasteiger partial charge in [0.1, 0.15) is 0 Å². The Morgan fingerprint density at radius 2 is 1.86 bits per heavy atom. The topological polar surface area (TPSA) is 64.7 Å². The Balaban J connectivity index is 1.28. The summed E-state index contributed by atoms with van der Waals surface area (Å²) in [6.45, 7) is 4.35. The fourth-order valence-corrected chi connectivity index (χ4v) is 4.86. The number of nitrogens with one attached hydrogen (secondary N) is 2. The fraction of sp³-hybridized carbons (Fsp3) is 0.391. The fourth-order valence-electron chi connectivity index (χ4n) is 4.86. The Morgan fingerprint density at radius 1 is 1.00 bits per heavy atom. The summed E-state index contributed by atoms with van der Waals surface area (Å²) in [7, 11) is 0. The SMILES string of the molecule is O=C(Nc1cccc(C(=O)N2CCc3ccccc32)c1)N1CC[C@@H]2CNC[C@@H]2C1. The smallest absolute Gasteiger partial charge is 0.321 e. The maximum Gasteiger partial charge on any atom is 0.321 e. The van der Waals surface area contributed by atoms with Gasteiger partial charge in [0, 0.05) is 36.6 Å². The molecule has 2 aromatic carbocycles. The van der Waals surface area contributed by atoms with Crippen LogP contribution >= 0.6 is 0 Å². The van der Waals surface area contributed by atoms with Crippen molar-refractivity contribution in [3.63, 3.8) is 0 Å². The van der Waals surface area contributed by atoms with Crippen LogP contribution in [0.25, 0.3) is 0 Å². The Kier molecular flexibility index (Phi) is 4.72. The largest absolute Gasteiger partial charge is 0.324 e. The van der Waals surface area contributed by atoms with Crippen LogP contribution < -0.4 is 15.5 Å². The summed E-state index contributed by atoms with van der Waals surface area (Å²) in [5.41, 5.74) is 3.45. The molecule has 0 radical (unpaired) electrons. The molecule has 0 saturated carbocycles. The third-order valence-electron chi connectivity index (χ3n) is 6.48. The van der Waals surface area contributed by atoms with Crippen LogP contribution in [0.3, 0.4) is 0 Å². The van der Waals surface area contributed by atoms with Crippen LogP contribution in [-0.4, -0.2) is 49.6 Å². The zero-order valence-electron chi connectivity index (χ0n) is 16.4. The van der Waals surface area contributed by atoms with Crippen LogP contribution in [0.1, 0.15) is 22.3 Å². The normalized spacial score (nSPS) is 22.9. The molecule has 2 N–H and O–H groups in total. The summed E-state index contributed by atoms with van der Waals surface area (Å²) in [5.74, 6) is 1.23. The summed E-state index contributed by atoms with van der Waals surface area (Å²) in [5, 5.41) is 6.42. The number of nitrogens with zero attached hydrogens (tertiary/aromatic N) is 2. The highest BCUT2D eigenvalue weighted by Gasteiger charge is 2.34. The number of urea groups is 1. The third kappa shape index (κ3) is 3.49. The van der Waals surface area contributed by atoms with Crippen molar-refractivity contribution in [1.29, 1.82) is 0 Å². The van der Waals surface area contributed by atoms with Crippen LogP contribution in [0.4, 0.5) is 16.2 Å². The molecule has 0 aromatic heterocycles. The van der Waals surface area contributed by atoms with Crippen LogP contribution in [0.2, 0.25) is 0 Å². The van der Waals surface area contributed by atoms with Gasteiger partial charge >= 0.3 is 6.03 Å². The van der Waals surface area contributed by atoms with E-state index >= 15 is 0 Å². The quantitative estimate of drug-likeness (QED) is 0.829. The van der Waals surface area contributed by atoms with Gasteiger partial charge in [-0.3, -0.25) is 4.79 Å². The van der Waals surface area contributed by atoms with E-state index in [9.17, 15) is 9.59 Å². The molecule has 0 bridgehead atoms. The van der Waals surface area contributed by atoms with Crippen molar-refractivity contribution in [3.05, 3.63) is 59.7 Å². The number of fused-ring (bicyclic) bond motifs is 2. The van der Waals surface area contributed by atoms with Gasteiger partial charge in [-0.1, -0.05) is 24.3 Å². The van der Waals surface area contributed by atoms with Gasteiger partial charge in [-0.05, 0) is 67.6 Å². The summed E-state index contributed by atoms with van der Waals surface area (Å²) in [4.78, 5) is 29.6. The van der Waals surface area contributed by atoms with Crippen LogP contribution in [0, 0.1) is 11.8 Å². The van der Waals surface area contributed by atoms with E-state index in [4.69, 9.17) is 0 Å². The summed E-state index contributed by atoms with van der Waals surface area (Å²) in [6.07, 6.45) is 1.93. The van der Waals surface area contributed by atoms with E-state index in [1.165, 1.54) is 5.56 Å². The van der Waals surface area contributed by atoms with E-state index in [0.29, 0.717) is 29.6 Å². The van der Waals surface area contributed by atoms with Gasteiger partial charge in [0.25, 0.3) is 5.91 Å². The van der Waals surface area contributed by atoms with Gasteiger partial charge in [0.15, 0.2) is 0 Å². The molecule has 6 nitrogen and oxygen atoms in total. The van der Waals surface area contributed by atoms with Gasteiger partial charge < -0.3 is 20.4 Å². The monoisotopic (exact) mass is 390 g/mol. The van der Waals surface area contributed by atoms with Crippen molar-refractivity contribution in [2.24, 2.45) is 11.8 Å². The molecular formula is C23H26N4O2. The number of amides is 3. The summed E-state index contributed by atoms with van der Waals surface area (Å²) >= 11 is 0. The third-order valence-corrected chi connectivity index (χ3v) is 6.48. The zero-order valence-corrected chi connectivity index (χ0v) is 16.4. The van der Waals surface area contributed by atoms with Gasteiger partial charge in [-0.25, -0.2) is 4.79 Å². The van der Waals surface area contributed by atoms with Crippen molar-refractivity contribution in [3.8, 4) is 0 Å². The second-order valence-corrected chi connectivity index (χ2v) is 8.26. The van der Waals surface area contributed by atoms with Gasteiger partial charge in [0.2, 0.25) is 0 Å². The number of anilines is 2. The van der Waals surface area contributed by atoms with Crippen molar-refractivity contribution in [2.45, 2.75) is 12.8 Å². The molecule has 2 aromatic rings. The van der Waals surface area contributed by atoms with Crippen LogP contribution in [-0.2, 0) is 6.42 Å². The van der Waals surface area contributed by atoms with Crippen LogP contribution in [0.5, 0.6) is 0 Å². The van der Waals surface area contributed by atoms with Crippen LogP contribution in [0.15, 0.2) is 48.5 Å². The maximum atomic E-state index is 13.1. The predicted octanol–water partition coefficient (Wildman–Crippen LogP) is 2.96. The Bertz CT molecular complexity index is 944. The number of piperidine rings is 1. The number of benzene rings is 2. The molecular weight excluding hydrogens is 364 g/mol. The van der Waals surface area contributed by atoms with E-state index in [1.54, 1.807) is 6.07 Å². The maximum absolute atomic E-state index is 13.1. The van der Waals surface area contributed by atoms with Crippen molar-refractivity contribution in [2.75, 3.05) is 42.9 Å². The zero-order chi connectivity index (χ0) is 19.8. The molecule has 5 rings (SSSR count). The molecule has 6 heteroatoms. The van der Waals surface area contributed by atoms with Gasteiger partial charge in [-0.15, -0.1) is 0 Å². The molecule has 2 fully saturated rings. The minimum atomic E-state index is -0.0773. The Morgan fingerprint density at radius 3 is 2.79 bits per heavy atom. The molecule has 2 atom stereocenters. The standard InChI is InChI=1S/C23H26N4O2/c28-22(27-11-9-16-4-1-2-7-21(16)27)17-5-3-6-20(12-17)25-23(29)26-10-8-18-13-24-14-19(18)15-26/h1-7,12,18-19,24H,8-11,13-15H2,(H,25,29)/t18-,19-/m1/s1. The number of rotatable bonds is 2. The number of hydrogen-bond donors (Lipinski definition) is 2. The second kappa shape index (κ2) is 7.52. The van der Waals surface area contributed by atoms with Gasteiger partial charge in [-0.2, -0.15) is 0 Å². The minimum Gasteiger partial charge on any atom is -0.324 e. The Hall–Kier alpha value is -2.86. The lowest BCUT2D eigenvalue weighted by atomic mass is 9.89. The number of carbonyl (C=O) groups is 2. The highest BCUT2D eigenvalue weighted by molar-refractivity contribution is 6.08. The van der Waals surface area contributed by atoms with E-state index in [-0.39, 0.29) is 11.9 Å². The van der Waals surface area contributed by atoms with Crippen molar-refractivity contribution < 1.29 is 9.59 Å². The predicted molar refractivity (Wildman–Crippen MR) is 113 cm³/mol. The first-order valence-corrected chi connectivity index (χ1v) is 10.5. The first-order chi connectivity index (χ1) is 14.2. The van der Waals surface area contributed by atoms with E-state index in [2.05, 4.69) is 16.7 Å². The summed E-state index contributed by atoms with van der Waals surface area (Å²) in [6, 6.07) is 15.2.